The van der Waals surface area contributed by atoms with Crippen molar-refractivity contribution in [2.24, 2.45) is 5.92 Å². The van der Waals surface area contributed by atoms with Gasteiger partial charge >= 0.3 is 12.1 Å². The Hall–Kier alpha value is -3.13. The summed E-state index contributed by atoms with van der Waals surface area (Å²) in [6, 6.07) is 8.68. The highest BCUT2D eigenvalue weighted by Gasteiger charge is 2.27. The predicted molar refractivity (Wildman–Crippen MR) is 140 cm³/mol. The van der Waals surface area contributed by atoms with Gasteiger partial charge < -0.3 is 14.4 Å². The van der Waals surface area contributed by atoms with Gasteiger partial charge in [-0.3, -0.25) is 4.90 Å². The van der Waals surface area contributed by atoms with E-state index in [1.54, 1.807) is 17.0 Å². The van der Waals surface area contributed by atoms with Crippen LogP contribution in [0.2, 0.25) is 5.02 Å². The molecule has 0 spiro atoms. The van der Waals surface area contributed by atoms with E-state index < -0.39 is 11.6 Å². The van der Waals surface area contributed by atoms with Crippen LogP contribution in [0.1, 0.15) is 74.8 Å². The summed E-state index contributed by atoms with van der Waals surface area (Å²) in [6.07, 6.45) is 5.44. The molecule has 192 valence electrons. The summed E-state index contributed by atoms with van der Waals surface area (Å²) in [5.74, 6) is 0.0388. The molecule has 2 heterocycles. The first-order chi connectivity index (χ1) is 17.0. The average molecular weight is 513 g/mol. The van der Waals surface area contributed by atoms with E-state index in [4.69, 9.17) is 16.3 Å². The number of benzene rings is 1. The number of halogens is 1. The molecule has 8 nitrogen and oxygen atoms in total. The molecule has 0 atom stereocenters. The fourth-order valence-electron chi connectivity index (χ4n) is 4.66. The maximum absolute atomic E-state index is 13.2. The Morgan fingerprint density at radius 2 is 1.86 bits per heavy atom. The van der Waals surface area contributed by atoms with Crippen molar-refractivity contribution in [3.05, 3.63) is 52.4 Å². The smallest absolute Gasteiger partial charge is 0.414 e. The molecule has 9 heteroatoms. The van der Waals surface area contributed by atoms with Crippen molar-refractivity contribution in [2.75, 3.05) is 11.4 Å². The Morgan fingerprint density at radius 3 is 2.50 bits per heavy atom. The zero-order chi connectivity index (χ0) is 26.0. The van der Waals surface area contributed by atoms with Gasteiger partial charge in [-0.15, -0.1) is 0 Å². The van der Waals surface area contributed by atoms with Crippen molar-refractivity contribution in [3.63, 3.8) is 0 Å². The lowest BCUT2D eigenvalue weighted by molar-refractivity contribution is 0.0571. The second kappa shape index (κ2) is 10.5. The van der Waals surface area contributed by atoms with Crippen LogP contribution in [-0.4, -0.2) is 43.8 Å². The monoisotopic (exact) mass is 512 g/mol. The van der Waals surface area contributed by atoms with Gasteiger partial charge in [0, 0.05) is 17.3 Å². The fourth-order valence-corrected chi connectivity index (χ4v) is 4.89. The maximum atomic E-state index is 13.2. The number of hydrogen-bond donors (Lipinski definition) is 1. The number of carbonyl (C=O) groups is 2. The number of anilines is 1. The third kappa shape index (κ3) is 5.98. The molecule has 1 aromatic carbocycles. The second-order valence-corrected chi connectivity index (χ2v) is 10.9. The van der Waals surface area contributed by atoms with E-state index in [2.05, 4.69) is 9.97 Å². The van der Waals surface area contributed by atoms with Gasteiger partial charge in [0.2, 0.25) is 0 Å². The van der Waals surface area contributed by atoms with Crippen LogP contribution >= 0.6 is 11.6 Å². The molecule has 36 heavy (non-hydrogen) atoms. The molecule has 1 amide bonds. The Bertz CT molecular complexity index is 1270. The highest BCUT2D eigenvalue weighted by Crippen LogP contribution is 2.31. The quantitative estimate of drug-likeness (QED) is 0.407. The number of amides is 1. The van der Waals surface area contributed by atoms with Gasteiger partial charge in [0.1, 0.15) is 16.9 Å². The molecule has 1 aliphatic carbocycles. The van der Waals surface area contributed by atoms with Crippen LogP contribution in [-0.2, 0) is 11.3 Å². The average Bonchev–Trinajstić information content (AvgIpc) is 3.12. The van der Waals surface area contributed by atoms with E-state index in [-0.39, 0.29) is 11.8 Å². The third-order valence-corrected chi connectivity index (χ3v) is 6.81. The van der Waals surface area contributed by atoms with Crippen LogP contribution in [0.3, 0.4) is 0 Å². The summed E-state index contributed by atoms with van der Waals surface area (Å²) in [6.45, 7) is 8.40. The molecular weight excluding hydrogens is 480 g/mol. The molecule has 1 fully saturated rings. The molecule has 0 bridgehead atoms. The zero-order valence-electron chi connectivity index (χ0n) is 21.3. The summed E-state index contributed by atoms with van der Waals surface area (Å²) in [7, 11) is 0. The van der Waals surface area contributed by atoms with Gasteiger partial charge in [-0.25, -0.2) is 19.6 Å². The van der Waals surface area contributed by atoms with Crippen molar-refractivity contribution in [2.45, 2.75) is 71.9 Å². The first kappa shape index (κ1) is 25.9. The Balaban J connectivity index is 1.63. The Morgan fingerprint density at radius 1 is 1.14 bits per heavy atom. The summed E-state index contributed by atoms with van der Waals surface area (Å²) in [5.41, 5.74) is 1.97. The number of carboxylic acids is 1. The van der Waals surface area contributed by atoms with Crippen molar-refractivity contribution in [3.8, 4) is 0 Å². The number of aryl methyl sites for hydroxylation is 1. The Labute approximate surface area is 216 Å². The summed E-state index contributed by atoms with van der Waals surface area (Å²) in [4.78, 5) is 35.0. The minimum Gasteiger partial charge on any atom is -0.477 e. The molecule has 4 rings (SSSR count). The lowest BCUT2D eigenvalue weighted by Crippen LogP contribution is -2.40. The van der Waals surface area contributed by atoms with Gasteiger partial charge in [0.25, 0.3) is 0 Å². The molecular formula is C27H33ClN4O4. The highest BCUT2D eigenvalue weighted by atomic mass is 35.5. The van der Waals surface area contributed by atoms with Crippen molar-refractivity contribution in [1.82, 2.24) is 14.5 Å². The molecule has 2 aromatic heterocycles. The number of fused-ring (bicyclic) bond motifs is 1. The standard InChI is InChI=1S/C27H33ClN4O4/c1-17-29-22-12-13-23(25(33)34)30-24(22)31(17)16-19-10-11-20(14-21(19)28)32(26(35)36-27(2,3)4)15-18-8-6-5-7-9-18/h10-14,18H,5-9,15-16H2,1-4H3,(H,33,34). The minimum atomic E-state index is -1.09. The van der Waals surface area contributed by atoms with E-state index in [0.29, 0.717) is 46.7 Å². The van der Waals surface area contributed by atoms with Gasteiger partial charge in [0.05, 0.1) is 6.54 Å². The van der Waals surface area contributed by atoms with Crippen molar-refractivity contribution < 1.29 is 19.4 Å². The van der Waals surface area contributed by atoms with Crippen LogP contribution in [0.5, 0.6) is 0 Å². The first-order valence-electron chi connectivity index (χ1n) is 12.4. The third-order valence-electron chi connectivity index (χ3n) is 6.46. The summed E-state index contributed by atoms with van der Waals surface area (Å²) < 4.78 is 7.56. The SMILES string of the molecule is Cc1nc2ccc(C(=O)O)nc2n1Cc1ccc(N(CC2CCCCC2)C(=O)OC(C)(C)C)cc1Cl. The lowest BCUT2D eigenvalue weighted by atomic mass is 9.89. The van der Waals surface area contributed by atoms with Gasteiger partial charge in [-0.1, -0.05) is 36.9 Å². The second-order valence-electron chi connectivity index (χ2n) is 10.5. The molecule has 0 unspecified atom stereocenters. The van der Waals surface area contributed by atoms with E-state index in [1.807, 2.05) is 44.4 Å². The predicted octanol–water partition coefficient (Wildman–Crippen LogP) is 6.46. The number of carboxylic acid groups (broad SMARTS) is 1. The Kier molecular flexibility index (Phi) is 7.54. The molecule has 1 aliphatic rings. The molecule has 1 saturated carbocycles. The normalized spacial score (nSPS) is 14.7. The van der Waals surface area contributed by atoms with Crippen molar-refractivity contribution >= 4 is 40.5 Å². The molecule has 1 N–H and O–H groups in total. The van der Waals surface area contributed by atoms with Crippen LogP contribution in [0.15, 0.2) is 30.3 Å². The number of rotatable bonds is 6. The minimum absolute atomic E-state index is 0.0409. The number of nitrogens with zero attached hydrogens (tertiary/aromatic N) is 4. The number of ether oxygens (including phenoxy) is 1. The van der Waals surface area contributed by atoms with Crippen molar-refractivity contribution in [1.29, 1.82) is 0 Å². The molecule has 0 saturated heterocycles. The largest absolute Gasteiger partial charge is 0.477 e. The zero-order valence-corrected chi connectivity index (χ0v) is 22.0. The molecule has 0 radical (unpaired) electrons. The van der Waals surface area contributed by atoms with E-state index in [1.165, 1.54) is 25.3 Å². The number of hydrogen-bond acceptors (Lipinski definition) is 5. The van der Waals surface area contributed by atoms with Gasteiger partial charge in [-0.2, -0.15) is 0 Å². The number of aromatic carboxylic acids is 1. The molecule has 3 aromatic rings. The summed E-state index contributed by atoms with van der Waals surface area (Å²) in [5, 5.41) is 9.84. The molecule has 0 aliphatic heterocycles. The number of imidazole rings is 1. The van der Waals surface area contributed by atoms with Crippen LogP contribution in [0.4, 0.5) is 10.5 Å². The topological polar surface area (TPSA) is 97.5 Å². The first-order valence-corrected chi connectivity index (χ1v) is 12.8. The van der Waals surface area contributed by atoms with E-state index in [9.17, 15) is 14.7 Å². The maximum Gasteiger partial charge on any atom is 0.414 e. The fraction of sp³-hybridized carbons (Fsp3) is 0.481. The number of aromatic nitrogens is 3. The summed E-state index contributed by atoms with van der Waals surface area (Å²) >= 11 is 6.73. The van der Waals surface area contributed by atoms with Crippen LogP contribution < -0.4 is 4.90 Å². The van der Waals surface area contributed by atoms with E-state index in [0.717, 1.165) is 18.4 Å². The lowest BCUT2D eigenvalue weighted by Gasteiger charge is -2.32. The van der Waals surface area contributed by atoms with E-state index >= 15 is 0 Å². The van der Waals surface area contributed by atoms with Crippen LogP contribution in [0, 0.1) is 12.8 Å². The highest BCUT2D eigenvalue weighted by molar-refractivity contribution is 6.31. The van der Waals surface area contributed by atoms with Crippen LogP contribution in [0.25, 0.3) is 11.2 Å². The number of pyridine rings is 1. The number of carbonyl (C=O) groups excluding carboxylic acids is 1. The van der Waals surface area contributed by atoms with Gasteiger partial charge in [0.15, 0.2) is 11.3 Å². The van der Waals surface area contributed by atoms with Gasteiger partial charge in [-0.05, 0) is 76.3 Å².